The fourth-order valence-electron chi connectivity index (χ4n) is 10.0. The van der Waals surface area contributed by atoms with E-state index in [0.717, 1.165) is 66.8 Å². The normalized spacial score (nSPS) is 15.9. The first-order valence-electron chi connectivity index (χ1n) is 20.9. The standard InChI is InChI=1S/C54H44FN5/c1-33-32-53(2,3)43-29-26-35(31-44(43)54(33,4)5)38-20-9-12-23-45(38)59-46-24-13-10-21-39(46)41-27-28-42-40-22-11-14-25-47(40)60(49(42)48(41)59)52-57-50(34-16-7-6-8-17-34)56-51(58-52)36-18-15-19-37(55)30-36/h6-31,33H,32H2,1-5H3. The second kappa shape index (κ2) is 13.3. The van der Waals surface area contributed by atoms with Gasteiger partial charge in [-0.3, -0.25) is 4.57 Å². The molecule has 0 N–H and O–H groups in total. The molecule has 6 heteroatoms. The molecule has 0 saturated heterocycles. The molecule has 7 aromatic carbocycles. The summed E-state index contributed by atoms with van der Waals surface area (Å²) in [5.41, 5.74) is 12.0. The van der Waals surface area contributed by atoms with Gasteiger partial charge in [-0.1, -0.05) is 162 Å². The molecule has 0 fully saturated rings. The first-order valence-corrected chi connectivity index (χ1v) is 20.9. The van der Waals surface area contributed by atoms with Crippen LogP contribution in [0.25, 0.3) is 89.2 Å². The lowest BCUT2D eigenvalue weighted by Gasteiger charge is -2.46. The molecular weight excluding hydrogens is 738 g/mol. The van der Waals surface area contributed by atoms with Crippen molar-refractivity contribution in [2.75, 3.05) is 0 Å². The summed E-state index contributed by atoms with van der Waals surface area (Å²) in [6, 6.07) is 54.0. The number of aromatic nitrogens is 5. The fourth-order valence-corrected chi connectivity index (χ4v) is 10.0. The Bertz CT molecular complexity index is 3330. The quantitative estimate of drug-likeness (QED) is 0.175. The number of hydrogen-bond donors (Lipinski definition) is 0. The maximum Gasteiger partial charge on any atom is 0.238 e. The maximum atomic E-state index is 14.8. The van der Waals surface area contributed by atoms with Crippen LogP contribution in [0.2, 0.25) is 0 Å². The number of benzene rings is 7. The van der Waals surface area contributed by atoms with E-state index in [-0.39, 0.29) is 16.6 Å². The predicted octanol–water partition coefficient (Wildman–Crippen LogP) is 13.8. The number of para-hydroxylation sites is 3. The van der Waals surface area contributed by atoms with Crippen LogP contribution in [-0.4, -0.2) is 24.1 Å². The zero-order valence-corrected chi connectivity index (χ0v) is 34.4. The van der Waals surface area contributed by atoms with Gasteiger partial charge >= 0.3 is 0 Å². The van der Waals surface area contributed by atoms with E-state index in [1.165, 1.54) is 28.8 Å². The van der Waals surface area contributed by atoms with Gasteiger partial charge in [-0.15, -0.1) is 0 Å². The van der Waals surface area contributed by atoms with Crippen LogP contribution in [0.1, 0.15) is 52.2 Å². The van der Waals surface area contributed by atoms with Crippen molar-refractivity contribution in [3.05, 3.63) is 175 Å². The van der Waals surface area contributed by atoms with Crippen molar-refractivity contribution in [2.24, 2.45) is 5.92 Å². The van der Waals surface area contributed by atoms with Crippen LogP contribution in [0.3, 0.4) is 0 Å². The van der Waals surface area contributed by atoms with E-state index in [9.17, 15) is 4.39 Å². The number of nitrogens with zero attached hydrogens (tertiary/aromatic N) is 5. The van der Waals surface area contributed by atoms with Crippen LogP contribution in [0.15, 0.2) is 158 Å². The molecule has 0 aliphatic heterocycles. The molecule has 0 amide bonds. The Hall–Kier alpha value is -6.92. The lowest BCUT2D eigenvalue weighted by molar-refractivity contribution is 0.233. The molecule has 3 heterocycles. The second-order valence-corrected chi connectivity index (χ2v) is 17.7. The number of halogens is 1. The first kappa shape index (κ1) is 36.2. The maximum absolute atomic E-state index is 14.8. The summed E-state index contributed by atoms with van der Waals surface area (Å²) in [6.45, 7) is 12.0. The summed E-state index contributed by atoms with van der Waals surface area (Å²) in [5, 5.41) is 4.45. The van der Waals surface area contributed by atoms with Crippen molar-refractivity contribution in [1.82, 2.24) is 24.1 Å². The van der Waals surface area contributed by atoms with Crippen LogP contribution in [-0.2, 0) is 10.8 Å². The monoisotopic (exact) mass is 781 g/mol. The Morgan fingerprint density at radius 3 is 1.83 bits per heavy atom. The molecule has 3 aromatic heterocycles. The third-order valence-electron chi connectivity index (χ3n) is 13.4. The summed E-state index contributed by atoms with van der Waals surface area (Å²) in [6.07, 6.45) is 1.16. The summed E-state index contributed by atoms with van der Waals surface area (Å²) >= 11 is 0. The topological polar surface area (TPSA) is 48.5 Å². The van der Waals surface area contributed by atoms with Gasteiger partial charge in [0.1, 0.15) is 5.82 Å². The van der Waals surface area contributed by atoms with Gasteiger partial charge in [0.25, 0.3) is 0 Å². The Morgan fingerprint density at radius 1 is 0.517 bits per heavy atom. The fraction of sp³-hybridized carbons (Fsp3) is 0.167. The number of hydrogen-bond acceptors (Lipinski definition) is 3. The molecule has 1 aliphatic carbocycles. The molecule has 5 nitrogen and oxygen atoms in total. The van der Waals surface area contributed by atoms with Crippen LogP contribution in [0.5, 0.6) is 0 Å². The van der Waals surface area contributed by atoms with Crippen LogP contribution in [0, 0.1) is 11.7 Å². The van der Waals surface area contributed by atoms with E-state index in [2.05, 4.69) is 147 Å². The van der Waals surface area contributed by atoms with E-state index < -0.39 is 0 Å². The van der Waals surface area contributed by atoms with Gasteiger partial charge in [-0.25, -0.2) is 9.37 Å². The summed E-state index contributed by atoms with van der Waals surface area (Å²) in [7, 11) is 0. The van der Waals surface area contributed by atoms with E-state index in [4.69, 9.17) is 15.0 Å². The Balaban J connectivity index is 1.25. The van der Waals surface area contributed by atoms with Gasteiger partial charge in [-0.05, 0) is 70.2 Å². The zero-order chi connectivity index (χ0) is 40.9. The van der Waals surface area contributed by atoms with Gasteiger partial charge < -0.3 is 4.57 Å². The highest BCUT2D eigenvalue weighted by atomic mass is 19.1. The van der Waals surface area contributed by atoms with Crippen molar-refractivity contribution >= 4 is 43.6 Å². The molecule has 1 atom stereocenters. The minimum absolute atomic E-state index is 0.0310. The number of rotatable bonds is 5. The van der Waals surface area contributed by atoms with Gasteiger partial charge in [-0.2, -0.15) is 9.97 Å². The number of fused-ring (bicyclic) bond motifs is 8. The molecular formula is C54H44FN5. The average molecular weight is 782 g/mol. The highest BCUT2D eigenvalue weighted by Crippen LogP contribution is 2.50. The molecule has 1 aliphatic rings. The van der Waals surface area contributed by atoms with Gasteiger partial charge in [0.2, 0.25) is 5.95 Å². The first-order chi connectivity index (χ1) is 29.1. The van der Waals surface area contributed by atoms with Gasteiger partial charge in [0.05, 0.1) is 27.8 Å². The Morgan fingerprint density at radius 2 is 1.12 bits per heavy atom. The lowest BCUT2D eigenvalue weighted by atomic mass is 9.58. The molecule has 1 unspecified atom stereocenters. The predicted molar refractivity (Wildman–Crippen MR) is 245 cm³/mol. The van der Waals surface area contributed by atoms with Crippen molar-refractivity contribution < 1.29 is 4.39 Å². The third kappa shape index (κ3) is 5.47. The Labute approximate surface area is 348 Å². The highest BCUT2D eigenvalue weighted by molar-refractivity contribution is 6.24. The van der Waals surface area contributed by atoms with E-state index in [0.29, 0.717) is 29.1 Å². The van der Waals surface area contributed by atoms with Crippen molar-refractivity contribution in [3.63, 3.8) is 0 Å². The van der Waals surface area contributed by atoms with Crippen LogP contribution < -0.4 is 0 Å². The van der Waals surface area contributed by atoms with E-state index in [1.54, 1.807) is 6.07 Å². The van der Waals surface area contributed by atoms with Crippen LogP contribution in [0.4, 0.5) is 4.39 Å². The lowest BCUT2D eigenvalue weighted by Crippen LogP contribution is -2.40. The van der Waals surface area contributed by atoms with E-state index >= 15 is 0 Å². The minimum atomic E-state index is -0.349. The van der Waals surface area contributed by atoms with Crippen molar-refractivity contribution in [2.45, 2.75) is 51.9 Å². The average Bonchev–Trinajstić information content (AvgIpc) is 3.79. The van der Waals surface area contributed by atoms with Gasteiger partial charge in [0, 0.05) is 38.2 Å². The molecule has 11 rings (SSSR count). The summed E-state index contributed by atoms with van der Waals surface area (Å²) < 4.78 is 19.4. The summed E-state index contributed by atoms with van der Waals surface area (Å²) in [4.78, 5) is 15.4. The Kier molecular flexibility index (Phi) is 8.02. The largest absolute Gasteiger partial charge is 0.307 e. The molecule has 60 heavy (non-hydrogen) atoms. The summed E-state index contributed by atoms with van der Waals surface area (Å²) in [5.74, 6) is 1.56. The molecule has 0 spiro atoms. The second-order valence-electron chi connectivity index (χ2n) is 17.7. The van der Waals surface area contributed by atoms with Crippen molar-refractivity contribution in [3.8, 4) is 45.5 Å². The van der Waals surface area contributed by atoms with Gasteiger partial charge in [0.15, 0.2) is 11.6 Å². The molecule has 0 radical (unpaired) electrons. The molecule has 10 aromatic rings. The molecule has 0 bridgehead atoms. The minimum Gasteiger partial charge on any atom is -0.307 e. The highest BCUT2D eigenvalue weighted by Gasteiger charge is 2.42. The zero-order valence-electron chi connectivity index (χ0n) is 34.4. The molecule has 292 valence electrons. The molecule has 0 saturated carbocycles. The van der Waals surface area contributed by atoms with E-state index in [1.807, 2.05) is 36.4 Å². The third-order valence-corrected chi connectivity index (χ3v) is 13.4. The SMILES string of the molecule is CC1CC(C)(C)c2ccc(-c3ccccc3-n3c4ccccc4c4ccc5c6ccccc6n(-c6nc(-c7ccccc7)nc(-c7cccc(F)c7)n6)c5c43)cc2C1(C)C. The van der Waals surface area contributed by atoms with Crippen LogP contribution >= 0.6 is 0 Å². The van der Waals surface area contributed by atoms with Crippen molar-refractivity contribution in [1.29, 1.82) is 0 Å². The smallest absolute Gasteiger partial charge is 0.238 e.